The second-order valence-corrected chi connectivity index (χ2v) is 7.54. The molecule has 0 aliphatic heterocycles. The first-order chi connectivity index (χ1) is 14.7. The molecule has 0 aliphatic rings. The van der Waals surface area contributed by atoms with Crippen LogP contribution in [0.15, 0.2) is 90.1 Å². The number of thioether (sulfide) groups is 1. The van der Waals surface area contributed by atoms with Crippen molar-refractivity contribution in [2.75, 3.05) is 11.1 Å². The molecular weight excluding hydrogens is 396 g/mol. The highest BCUT2D eigenvalue weighted by Crippen LogP contribution is 2.30. The number of nitrogens with one attached hydrogen (secondary N) is 1. The average molecular weight is 417 g/mol. The van der Waals surface area contributed by atoms with E-state index in [4.69, 9.17) is 0 Å². The van der Waals surface area contributed by atoms with Crippen LogP contribution in [0.2, 0.25) is 0 Å². The highest BCUT2D eigenvalue weighted by molar-refractivity contribution is 7.99. The molecule has 150 valence electrons. The third-order valence-corrected chi connectivity index (χ3v) is 5.40. The molecule has 7 heteroatoms. The summed E-state index contributed by atoms with van der Waals surface area (Å²) in [5.74, 6) is 0.771. The zero-order chi connectivity index (χ0) is 20.8. The summed E-state index contributed by atoms with van der Waals surface area (Å²) in [5.41, 5.74) is 2.43. The fraction of sp³-hybridized carbons (Fsp3) is 0.0870. The van der Waals surface area contributed by atoms with Crippen molar-refractivity contribution < 1.29 is 9.90 Å². The Morgan fingerprint density at radius 3 is 2.30 bits per heavy atom. The zero-order valence-corrected chi connectivity index (χ0v) is 16.9. The van der Waals surface area contributed by atoms with Crippen LogP contribution in [0.3, 0.4) is 0 Å². The maximum Gasteiger partial charge on any atom is 0.234 e. The van der Waals surface area contributed by atoms with Crippen molar-refractivity contribution in [2.24, 2.45) is 0 Å². The molecule has 0 radical (unpaired) electrons. The normalized spacial score (nSPS) is 10.7. The first-order valence-corrected chi connectivity index (χ1v) is 10.4. The molecule has 0 fully saturated rings. The highest BCUT2D eigenvalue weighted by atomic mass is 32.2. The molecule has 2 N–H and O–H groups in total. The Labute approximate surface area is 178 Å². The summed E-state index contributed by atoms with van der Waals surface area (Å²) >= 11 is 1.31. The van der Waals surface area contributed by atoms with Gasteiger partial charge in [0.1, 0.15) is 5.75 Å². The van der Waals surface area contributed by atoms with Gasteiger partial charge in [-0.05, 0) is 29.8 Å². The molecule has 4 rings (SSSR count). The Kier molecular flexibility index (Phi) is 6.10. The van der Waals surface area contributed by atoms with E-state index in [1.165, 1.54) is 11.8 Å². The maximum atomic E-state index is 12.4. The van der Waals surface area contributed by atoms with Crippen LogP contribution in [-0.2, 0) is 11.3 Å². The molecule has 1 heterocycles. The Bertz CT molecular complexity index is 1130. The minimum absolute atomic E-state index is 0.121. The molecule has 0 atom stereocenters. The summed E-state index contributed by atoms with van der Waals surface area (Å²) in [4.78, 5) is 12.4. The highest BCUT2D eigenvalue weighted by Gasteiger charge is 2.18. The molecule has 0 bridgehead atoms. The number of hydrogen-bond acceptors (Lipinski definition) is 5. The quantitative estimate of drug-likeness (QED) is 0.436. The Hall–Kier alpha value is -3.58. The zero-order valence-electron chi connectivity index (χ0n) is 16.1. The number of hydrogen-bond donors (Lipinski definition) is 2. The lowest BCUT2D eigenvalue weighted by Crippen LogP contribution is -2.14. The van der Waals surface area contributed by atoms with Crippen molar-refractivity contribution >= 4 is 23.4 Å². The van der Waals surface area contributed by atoms with Gasteiger partial charge in [0.2, 0.25) is 5.91 Å². The topological polar surface area (TPSA) is 80.0 Å². The van der Waals surface area contributed by atoms with Gasteiger partial charge in [-0.1, -0.05) is 72.4 Å². The van der Waals surface area contributed by atoms with Gasteiger partial charge >= 0.3 is 0 Å². The molecule has 1 aromatic heterocycles. The van der Waals surface area contributed by atoms with Crippen LogP contribution in [0, 0.1) is 0 Å². The molecule has 0 saturated carbocycles. The molecule has 1 amide bonds. The van der Waals surface area contributed by atoms with Crippen LogP contribution in [0.25, 0.3) is 11.4 Å². The van der Waals surface area contributed by atoms with Crippen molar-refractivity contribution in [2.45, 2.75) is 11.7 Å². The van der Waals surface area contributed by atoms with Crippen LogP contribution in [0.1, 0.15) is 5.56 Å². The van der Waals surface area contributed by atoms with Crippen LogP contribution >= 0.6 is 11.8 Å². The SMILES string of the molecule is O=C(CSc1nnc(-c2ccccc2O)n1Cc1ccccc1)Nc1ccccc1. The molecule has 0 spiro atoms. The van der Waals surface area contributed by atoms with E-state index in [0.717, 1.165) is 11.3 Å². The van der Waals surface area contributed by atoms with Crippen LogP contribution in [0.5, 0.6) is 5.75 Å². The number of carbonyl (C=O) groups is 1. The van der Waals surface area contributed by atoms with Crippen LogP contribution in [0.4, 0.5) is 5.69 Å². The van der Waals surface area contributed by atoms with Crippen molar-refractivity contribution in [3.05, 3.63) is 90.5 Å². The van der Waals surface area contributed by atoms with Gasteiger partial charge < -0.3 is 10.4 Å². The van der Waals surface area contributed by atoms with E-state index in [1.807, 2.05) is 71.3 Å². The second kappa shape index (κ2) is 9.28. The summed E-state index contributed by atoms with van der Waals surface area (Å²) in [6.45, 7) is 0.528. The minimum atomic E-state index is -0.121. The number of rotatable bonds is 7. The maximum absolute atomic E-state index is 12.4. The largest absolute Gasteiger partial charge is 0.507 e. The van der Waals surface area contributed by atoms with Crippen LogP contribution < -0.4 is 5.32 Å². The van der Waals surface area contributed by atoms with Gasteiger partial charge in [0.05, 0.1) is 17.9 Å². The van der Waals surface area contributed by atoms with Gasteiger partial charge in [-0.15, -0.1) is 10.2 Å². The lowest BCUT2D eigenvalue weighted by Gasteiger charge is -2.11. The predicted octanol–water partition coefficient (Wildman–Crippen LogP) is 4.43. The van der Waals surface area contributed by atoms with E-state index in [0.29, 0.717) is 23.1 Å². The lowest BCUT2D eigenvalue weighted by atomic mass is 10.1. The Balaban J connectivity index is 1.58. The number of para-hydroxylation sites is 2. The smallest absolute Gasteiger partial charge is 0.234 e. The van der Waals surface area contributed by atoms with Gasteiger partial charge in [-0.2, -0.15) is 0 Å². The number of carbonyl (C=O) groups excluding carboxylic acids is 1. The number of aromatic nitrogens is 3. The minimum Gasteiger partial charge on any atom is -0.507 e. The first kappa shape index (κ1) is 19.7. The molecule has 30 heavy (non-hydrogen) atoms. The number of anilines is 1. The number of nitrogens with zero attached hydrogens (tertiary/aromatic N) is 3. The number of aromatic hydroxyl groups is 1. The van der Waals surface area contributed by atoms with Gasteiger partial charge in [0.25, 0.3) is 0 Å². The van der Waals surface area contributed by atoms with E-state index >= 15 is 0 Å². The number of amides is 1. The third-order valence-electron chi connectivity index (χ3n) is 4.44. The van der Waals surface area contributed by atoms with E-state index in [-0.39, 0.29) is 17.4 Å². The first-order valence-electron chi connectivity index (χ1n) is 9.44. The molecule has 0 aliphatic carbocycles. The molecule has 0 saturated heterocycles. The van der Waals surface area contributed by atoms with Gasteiger partial charge in [-0.3, -0.25) is 9.36 Å². The monoisotopic (exact) mass is 416 g/mol. The molecule has 4 aromatic rings. The summed E-state index contributed by atoms with van der Waals surface area (Å²) < 4.78 is 1.92. The number of phenols is 1. The molecule has 6 nitrogen and oxygen atoms in total. The molecule has 3 aromatic carbocycles. The van der Waals surface area contributed by atoms with E-state index in [2.05, 4.69) is 15.5 Å². The summed E-state index contributed by atoms with van der Waals surface area (Å²) in [5, 5.41) is 22.4. The van der Waals surface area contributed by atoms with Crippen molar-refractivity contribution in [1.29, 1.82) is 0 Å². The van der Waals surface area contributed by atoms with Gasteiger partial charge in [-0.25, -0.2) is 0 Å². The van der Waals surface area contributed by atoms with E-state index in [1.54, 1.807) is 18.2 Å². The van der Waals surface area contributed by atoms with E-state index < -0.39 is 0 Å². The fourth-order valence-electron chi connectivity index (χ4n) is 3.01. The predicted molar refractivity (Wildman–Crippen MR) is 118 cm³/mol. The van der Waals surface area contributed by atoms with Crippen LogP contribution in [-0.4, -0.2) is 31.5 Å². The lowest BCUT2D eigenvalue weighted by molar-refractivity contribution is -0.113. The number of benzene rings is 3. The Morgan fingerprint density at radius 2 is 1.57 bits per heavy atom. The standard InChI is InChI=1S/C23H20N4O2S/c28-20-14-8-7-13-19(20)22-25-26-23(27(22)15-17-9-3-1-4-10-17)30-16-21(29)24-18-11-5-2-6-12-18/h1-14,28H,15-16H2,(H,24,29). The molecule has 0 unspecified atom stereocenters. The van der Waals surface area contributed by atoms with Crippen molar-refractivity contribution in [3.8, 4) is 17.1 Å². The average Bonchev–Trinajstić information content (AvgIpc) is 3.16. The third kappa shape index (κ3) is 4.69. The van der Waals surface area contributed by atoms with Crippen molar-refractivity contribution in [1.82, 2.24) is 14.8 Å². The summed E-state index contributed by atoms with van der Waals surface area (Å²) in [6.07, 6.45) is 0. The summed E-state index contributed by atoms with van der Waals surface area (Å²) in [6, 6.07) is 26.3. The number of phenolic OH excluding ortho intramolecular Hbond substituents is 1. The fourth-order valence-corrected chi connectivity index (χ4v) is 3.75. The van der Waals surface area contributed by atoms with Gasteiger partial charge in [0, 0.05) is 5.69 Å². The van der Waals surface area contributed by atoms with Gasteiger partial charge in [0.15, 0.2) is 11.0 Å². The summed E-state index contributed by atoms with van der Waals surface area (Å²) in [7, 11) is 0. The Morgan fingerprint density at radius 1 is 0.900 bits per heavy atom. The molecular formula is C23H20N4O2S. The second-order valence-electron chi connectivity index (χ2n) is 6.60. The van der Waals surface area contributed by atoms with Crippen molar-refractivity contribution in [3.63, 3.8) is 0 Å². The van der Waals surface area contributed by atoms with E-state index in [9.17, 15) is 9.90 Å².